The summed E-state index contributed by atoms with van der Waals surface area (Å²) in [5, 5.41) is 5.86. The average molecular weight is 419 g/mol. The zero-order chi connectivity index (χ0) is 21.5. The molecule has 0 spiro atoms. The number of hydrogen-bond donors (Lipinski definition) is 1. The third-order valence-electron chi connectivity index (χ3n) is 6.23. The molecule has 160 valence electrons. The van der Waals surface area contributed by atoms with Gasteiger partial charge in [-0.2, -0.15) is 5.10 Å². The van der Waals surface area contributed by atoms with Gasteiger partial charge in [-0.05, 0) is 38.0 Å². The van der Waals surface area contributed by atoms with Gasteiger partial charge in [-0.3, -0.25) is 9.58 Å². The van der Waals surface area contributed by atoms with Gasteiger partial charge in [-0.15, -0.1) is 0 Å². The summed E-state index contributed by atoms with van der Waals surface area (Å²) in [7, 11) is 1.55. The normalized spacial score (nSPS) is 16.7. The van der Waals surface area contributed by atoms with Crippen LogP contribution in [0.25, 0.3) is 10.9 Å². The number of fused-ring (bicyclic) bond motifs is 3. The van der Waals surface area contributed by atoms with Gasteiger partial charge in [-0.1, -0.05) is 24.3 Å². The molecule has 1 atom stereocenters. The molecule has 5 nitrogen and oxygen atoms in total. The number of para-hydroxylation sites is 1. The SMILES string of the molecule is COc1ccc(CN2CCc3c([nH]c4ccccc34)[C@@H]2c2cnn(C(C)C)c2)c(F)c1. The van der Waals surface area contributed by atoms with Crippen molar-refractivity contribution in [2.45, 2.75) is 38.9 Å². The lowest BCUT2D eigenvalue weighted by Gasteiger charge is -2.35. The van der Waals surface area contributed by atoms with Crippen LogP contribution in [0.1, 0.15) is 48.3 Å². The highest BCUT2D eigenvalue weighted by molar-refractivity contribution is 5.85. The topological polar surface area (TPSA) is 46.1 Å². The van der Waals surface area contributed by atoms with Crippen LogP contribution in [0.15, 0.2) is 54.9 Å². The molecule has 0 saturated carbocycles. The molecule has 2 aromatic heterocycles. The quantitative estimate of drug-likeness (QED) is 0.482. The summed E-state index contributed by atoms with van der Waals surface area (Å²) in [6, 6.07) is 13.8. The maximum atomic E-state index is 14.8. The smallest absolute Gasteiger partial charge is 0.131 e. The van der Waals surface area contributed by atoms with Crippen LogP contribution in [0.5, 0.6) is 5.75 Å². The van der Waals surface area contributed by atoms with E-state index in [4.69, 9.17) is 4.74 Å². The number of rotatable bonds is 5. The fourth-order valence-electron chi connectivity index (χ4n) is 4.62. The van der Waals surface area contributed by atoms with Gasteiger partial charge in [0.1, 0.15) is 11.6 Å². The summed E-state index contributed by atoms with van der Waals surface area (Å²) in [6.45, 7) is 5.60. The lowest BCUT2D eigenvalue weighted by Crippen LogP contribution is -2.35. The van der Waals surface area contributed by atoms with Crippen molar-refractivity contribution in [3.63, 3.8) is 0 Å². The Hall–Kier alpha value is -3.12. The molecule has 31 heavy (non-hydrogen) atoms. The van der Waals surface area contributed by atoms with Crippen LogP contribution in [0.4, 0.5) is 4.39 Å². The van der Waals surface area contributed by atoms with Gasteiger partial charge >= 0.3 is 0 Å². The molecule has 1 aliphatic heterocycles. The molecule has 6 heteroatoms. The molecule has 5 rings (SSSR count). The number of aromatic nitrogens is 3. The van der Waals surface area contributed by atoms with Gasteiger partial charge in [0.2, 0.25) is 0 Å². The summed E-state index contributed by atoms with van der Waals surface area (Å²) in [5.74, 6) is 0.297. The Morgan fingerprint density at radius 2 is 2.06 bits per heavy atom. The number of halogens is 1. The monoisotopic (exact) mass is 418 g/mol. The second-order valence-corrected chi connectivity index (χ2v) is 8.49. The van der Waals surface area contributed by atoms with E-state index in [1.165, 1.54) is 22.7 Å². The molecule has 0 radical (unpaired) electrons. The van der Waals surface area contributed by atoms with E-state index < -0.39 is 0 Å². The lowest BCUT2D eigenvalue weighted by atomic mass is 9.93. The number of nitrogens with zero attached hydrogens (tertiary/aromatic N) is 3. The summed E-state index contributed by atoms with van der Waals surface area (Å²) in [4.78, 5) is 6.00. The molecule has 0 amide bonds. The van der Waals surface area contributed by atoms with Crippen LogP contribution >= 0.6 is 0 Å². The Morgan fingerprint density at radius 3 is 2.81 bits per heavy atom. The minimum atomic E-state index is -0.238. The summed E-state index contributed by atoms with van der Waals surface area (Å²) in [6.07, 6.45) is 4.99. The van der Waals surface area contributed by atoms with Crippen LogP contribution in [-0.4, -0.2) is 33.3 Å². The summed E-state index contributed by atoms with van der Waals surface area (Å²) in [5.41, 5.74) is 5.47. The fraction of sp³-hybridized carbons (Fsp3) is 0.320. The van der Waals surface area contributed by atoms with E-state index in [9.17, 15) is 4.39 Å². The van der Waals surface area contributed by atoms with Gasteiger partial charge in [0, 0.05) is 59.1 Å². The molecule has 3 heterocycles. The Balaban J connectivity index is 1.58. The van der Waals surface area contributed by atoms with Crippen LogP contribution in [-0.2, 0) is 13.0 Å². The number of hydrogen-bond acceptors (Lipinski definition) is 3. The molecule has 0 fully saturated rings. The largest absolute Gasteiger partial charge is 0.497 e. The first kappa shape index (κ1) is 19.8. The maximum Gasteiger partial charge on any atom is 0.131 e. The summed E-state index contributed by atoms with van der Waals surface area (Å²) < 4.78 is 21.9. The zero-order valence-corrected chi connectivity index (χ0v) is 18.1. The number of H-pyrrole nitrogens is 1. The fourth-order valence-corrected chi connectivity index (χ4v) is 4.62. The van der Waals surface area contributed by atoms with Crippen LogP contribution in [0, 0.1) is 5.82 Å². The van der Waals surface area contributed by atoms with E-state index in [-0.39, 0.29) is 17.9 Å². The Bertz CT molecular complexity index is 1230. The molecule has 0 unspecified atom stereocenters. The Morgan fingerprint density at radius 1 is 1.23 bits per heavy atom. The first-order chi connectivity index (χ1) is 15.0. The second-order valence-electron chi connectivity index (χ2n) is 8.49. The van der Waals surface area contributed by atoms with Crippen molar-refractivity contribution in [1.82, 2.24) is 19.7 Å². The van der Waals surface area contributed by atoms with Gasteiger partial charge in [0.25, 0.3) is 0 Å². The first-order valence-corrected chi connectivity index (χ1v) is 10.7. The lowest BCUT2D eigenvalue weighted by molar-refractivity contribution is 0.199. The predicted octanol–water partition coefficient (Wildman–Crippen LogP) is 5.24. The molecule has 0 saturated heterocycles. The van der Waals surface area contributed by atoms with E-state index in [2.05, 4.69) is 59.3 Å². The highest BCUT2D eigenvalue weighted by Crippen LogP contribution is 2.39. The van der Waals surface area contributed by atoms with Crippen molar-refractivity contribution in [1.29, 1.82) is 0 Å². The van der Waals surface area contributed by atoms with Crippen molar-refractivity contribution in [2.75, 3.05) is 13.7 Å². The molecule has 2 aromatic carbocycles. The van der Waals surface area contributed by atoms with E-state index in [1.807, 2.05) is 23.0 Å². The number of benzene rings is 2. The predicted molar refractivity (Wildman–Crippen MR) is 120 cm³/mol. The number of ether oxygens (including phenoxy) is 1. The van der Waals surface area contributed by atoms with Crippen molar-refractivity contribution < 1.29 is 9.13 Å². The van der Waals surface area contributed by atoms with E-state index in [1.54, 1.807) is 7.11 Å². The van der Waals surface area contributed by atoms with Crippen molar-refractivity contribution in [2.24, 2.45) is 0 Å². The van der Waals surface area contributed by atoms with Gasteiger partial charge in [0.15, 0.2) is 0 Å². The van der Waals surface area contributed by atoms with Gasteiger partial charge in [-0.25, -0.2) is 4.39 Å². The minimum Gasteiger partial charge on any atom is -0.497 e. The zero-order valence-electron chi connectivity index (χ0n) is 18.1. The highest BCUT2D eigenvalue weighted by atomic mass is 19.1. The molecule has 0 aliphatic carbocycles. The highest BCUT2D eigenvalue weighted by Gasteiger charge is 2.33. The third-order valence-corrected chi connectivity index (χ3v) is 6.23. The standard InChI is InChI=1S/C25H27FN4O/c1-16(2)30-15-18(13-27-30)25-24-21(20-6-4-5-7-23(20)28-24)10-11-29(25)14-17-8-9-19(31-3)12-22(17)26/h4-9,12-13,15-16,25,28H,10-11,14H2,1-3H3/t25-/m0/s1. The summed E-state index contributed by atoms with van der Waals surface area (Å²) >= 11 is 0. The molecular formula is C25H27FN4O. The number of nitrogens with one attached hydrogen (secondary N) is 1. The Kier molecular flexibility index (Phi) is 5.02. The number of methoxy groups -OCH3 is 1. The average Bonchev–Trinajstić information content (AvgIpc) is 3.40. The van der Waals surface area contributed by atoms with E-state index in [0.717, 1.165) is 24.0 Å². The maximum absolute atomic E-state index is 14.8. The molecule has 1 aliphatic rings. The second kappa shape index (κ2) is 7.85. The molecule has 4 aromatic rings. The molecular weight excluding hydrogens is 391 g/mol. The molecule has 0 bridgehead atoms. The van der Waals surface area contributed by atoms with E-state index >= 15 is 0 Å². The first-order valence-electron chi connectivity index (χ1n) is 10.7. The van der Waals surface area contributed by atoms with E-state index in [0.29, 0.717) is 17.9 Å². The molecule has 1 N–H and O–H groups in total. The number of aromatic amines is 1. The van der Waals surface area contributed by atoms with Crippen LogP contribution in [0.2, 0.25) is 0 Å². The van der Waals surface area contributed by atoms with Crippen molar-refractivity contribution >= 4 is 10.9 Å². The van der Waals surface area contributed by atoms with Gasteiger partial charge < -0.3 is 9.72 Å². The Labute approximate surface area is 181 Å². The van der Waals surface area contributed by atoms with Crippen molar-refractivity contribution in [3.8, 4) is 5.75 Å². The van der Waals surface area contributed by atoms with Crippen LogP contribution in [0.3, 0.4) is 0 Å². The van der Waals surface area contributed by atoms with Crippen molar-refractivity contribution in [3.05, 3.63) is 83.1 Å². The third kappa shape index (κ3) is 3.51. The minimum absolute atomic E-state index is 0.00912. The van der Waals surface area contributed by atoms with Crippen LogP contribution < -0.4 is 4.74 Å². The van der Waals surface area contributed by atoms with Gasteiger partial charge in [0.05, 0.1) is 19.3 Å².